The highest BCUT2D eigenvalue weighted by Crippen LogP contribution is 2.08. The molecule has 15 heavy (non-hydrogen) atoms. The summed E-state index contributed by atoms with van der Waals surface area (Å²) < 4.78 is 5.45. The number of hydrogen-bond donors (Lipinski definition) is 1. The maximum Gasteiger partial charge on any atom is 0.237 e. The highest BCUT2D eigenvalue weighted by atomic mass is 16.5. The second-order valence-corrected chi connectivity index (χ2v) is 4.52. The van der Waals surface area contributed by atoms with E-state index in [0.717, 1.165) is 19.7 Å². The predicted molar refractivity (Wildman–Crippen MR) is 59.7 cm³/mol. The first-order valence-electron chi connectivity index (χ1n) is 5.66. The maximum atomic E-state index is 11.8. The average molecular weight is 214 g/mol. The van der Waals surface area contributed by atoms with Crippen molar-refractivity contribution < 1.29 is 9.53 Å². The molecular formula is C11H22N2O2. The molecule has 88 valence electrons. The Hall–Kier alpha value is -0.610. The number of carbonyl (C=O) groups is 1. The Labute approximate surface area is 92.0 Å². The number of morpholine rings is 1. The van der Waals surface area contributed by atoms with Crippen molar-refractivity contribution in [1.29, 1.82) is 0 Å². The monoisotopic (exact) mass is 214 g/mol. The zero-order valence-electron chi connectivity index (χ0n) is 10.1. The Morgan fingerprint density at radius 2 is 2.13 bits per heavy atom. The van der Waals surface area contributed by atoms with E-state index in [1.165, 1.54) is 0 Å². The lowest BCUT2D eigenvalue weighted by Crippen LogP contribution is -2.52. The van der Waals surface area contributed by atoms with Gasteiger partial charge >= 0.3 is 0 Å². The molecule has 0 radical (unpaired) electrons. The minimum atomic E-state index is -0.0567. The Bertz CT molecular complexity index is 219. The summed E-state index contributed by atoms with van der Waals surface area (Å²) in [5.74, 6) is 0.110. The zero-order chi connectivity index (χ0) is 11.4. The van der Waals surface area contributed by atoms with E-state index in [4.69, 9.17) is 4.74 Å². The topological polar surface area (TPSA) is 41.6 Å². The van der Waals surface area contributed by atoms with Crippen LogP contribution in [-0.4, -0.2) is 48.7 Å². The number of rotatable bonds is 3. The number of carbonyl (C=O) groups excluding carboxylic acids is 1. The van der Waals surface area contributed by atoms with Gasteiger partial charge in [-0.05, 0) is 27.7 Å². The SMILES string of the molecule is CC(C)NC(=O)C(C)N1CCOC(C)C1. The summed E-state index contributed by atoms with van der Waals surface area (Å²) in [4.78, 5) is 13.9. The molecule has 0 aliphatic carbocycles. The number of ether oxygens (including phenoxy) is 1. The lowest BCUT2D eigenvalue weighted by Gasteiger charge is -2.35. The Morgan fingerprint density at radius 3 is 2.67 bits per heavy atom. The molecule has 1 aliphatic rings. The van der Waals surface area contributed by atoms with Crippen molar-refractivity contribution in [2.24, 2.45) is 0 Å². The van der Waals surface area contributed by atoms with Crippen LogP contribution < -0.4 is 5.32 Å². The van der Waals surface area contributed by atoms with E-state index in [2.05, 4.69) is 10.2 Å². The van der Waals surface area contributed by atoms with Crippen LogP contribution in [0.15, 0.2) is 0 Å². The fraction of sp³-hybridized carbons (Fsp3) is 0.909. The molecule has 0 bridgehead atoms. The molecule has 0 aromatic carbocycles. The first-order valence-corrected chi connectivity index (χ1v) is 5.66. The highest BCUT2D eigenvalue weighted by Gasteiger charge is 2.25. The third kappa shape index (κ3) is 3.80. The van der Waals surface area contributed by atoms with Gasteiger partial charge in [-0.15, -0.1) is 0 Å². The van der Waals surface area contributed by atoms with Crippen molar-refractivity contribution in [2.75, 3.05) is 19.7 Å². The van der Waals surface area contributed by atoms with E-state index in [1.807, 2.05) is 27.7 Å². The summed E-state index contributed by atoms with van der Waals surface area (Å²) in [6, 6.07) is 0.150. The molecule has 4 heteroatoms. The van der Waals surface area contributed by atoms with Gasteiger partial charge in [0.05, 0.1) is 18.8 Å². The van der Waals surface area contributed by atoms with Crippen LogP contribution in [0.5, 0.6) is 0 Å². The van der Waals surface area contributed by atoms with Crippen LogP contribution in [0, 0.1) is 0 Å². The number of nitrogens with zero attached hydrogens (tertiary/aromatic N) is 1. The van der Waals surface area contributed by atoms with Gasteiger partial charge in [-0.2, -0.15) is 0 Å². The quantitative estimate of drug-likeness (QED) is 0.749. The molecular weight excluding hydrogens is 192 g/mol. The van der Waals surface area contributed by atoms with Gasteiger partial charge in [0.25, 0.3) is 0 Å². The average Bonchev–Trinajstić information content (AvgIpc) is 2.15. The van der Waals surface area contributed by atoms with Crippen molar-refractivity contribution in [1.82, 2.24) is 10.2 Å². The summed E-state index contributed by atoms with van der Waals surface area (Å²) in [5, 5.41) is 2.93. The second-order valence-electron chi connectivity index (χ2n) is 4.52. The van der Waals surface area contributed by atoms with Gasteiger partial charge in [0.2, 0.25) is 5.91 Å². The van der Waals surface area contributed by atoms with Crippen molar-refractivity contribution in [2.45, 2.75) is 45.9 Å². The van der Waals surface area contributed by atoms with Gasteiger partial charge < -0.3 is 10.1 Å². The molecule has 2 unspecified atom stereocenters. The minimum Gasteiger partial charge on any atom is -0.376 e. The zero-order valence-corrected chi connectivity index (χ0v) is 10.1. The van der Waals surface area contributed by atoms with Crippen LogP contribution in [0.1, 0.15) is 27.7 Å². The van der Waals surface area contributed by atoms with Crippen molar-refractivity contribution in [3.63, 3.8) is 0 Å². The van der Waals surface area contributed by atoms with Gasteiger partial charge in [0.15, 0.2) is 0 Å². The summed E-state index contributed by atoms with van der Waals surface area (Å²) in [5.41, 5.74) is 0. The normalized spacial score (nSPS) is 25.3. The molecule has 1 aliphatic heterocycles. The predicted octanol–water partition coefficient (Wildman–Crippen LogP) is 0.620. The minimum absolute atomic E-state index is 0.0567. The Kier molecular flexibility index (Phi) is 4.54. The lowest BCUT2D eigenvalue weighted by molar-refractivity contribution is -0.129. The first kappa shape index (κ1) is 12.5. The molecule has 1 heterocycles. The molecule has 0 aromatic heterocycles. The molecule has 2 atom stereocenters. The summed E-state index contributed by atoms with van der Waals surface area (Å²) in [6.45, 7) is 10.4. The lowest BCUT2D eigenvalue weighted by atomic mass is 10.2. The number of amides is 1. The van der Waals surface area contributed by atoms with E-state index in [9.17, 15) is 4.79 Å². The molecule has 4 nitrogen and oxygen atoms in total. The van der Waals surface area contributed by atoms with Gasteiger partial charge in [-0.3, -0.25) is 9.69 Å². The van der Waals surface area contributed by atoms with Gasteiger partial charge in [-0.1, -0.05) is 0 Å². The highest BCUT2D eigenvalue weighted by molar-refractivity contribution is 5.81. The van der Waals surface area contributed by atoms with Crippen LogP contribution in [0.25, 0.3) is 0 Å². The third-order valence-corrected chi connectivity index (χ3v) is 2.63. The Balaban J connectivity index is 2.44. The number of nitrogens with one attached hydrogen (secondary N) is 1. The summed E-state index contributed by atoms with van der Waals surface area (Å²) in [6.07, 6.45) is 0.230. The molecule has 0 spiro atoms. The molecule has 1 saturated heterocycles. The standard InChI is InChI=1S/C11H22N2O2/c1-8(2)12-11(14)10(4)13-5-6-15-9(3)7-13/h8-10H,5-7H2,1-4H3,(H,12,14). The van der Waals surface area contributed by atoms with Crippen LogP contribution in [0.4, 0.5) is 0 Å². The molecule has 1 amide bonds. The van der Waals surface area contributed by atoms with E-state index in [-0.39, 0.29) is 24.1 Å². The molecule has 0 aromatic rings. The molecule has 0 saturated carbocycles. The van der Waals surface area contributed by atoms with Crippen molar-refractivity contribution >= 4 is 5.91 Å². The maximum absolute atomic E-state index is 11.8. The Morgan fingerprint density at radius 1 is 1.47 bits per heavy atom. The van der Waals surface area contributed by atoms with E-state index in [0.29, 0.717) is 0 Å². The molecule has 1 N–H and O–H groups in total. The van der Waals surface area contributed by atoms with Gasteiger partial charge in [-0.25, -0.2) is 0 Å². The smallest absolute Gasteiger partial charge is 0.237 e. The van der Waals surface area contributed by atoms with Crippen LogP contribution in [0.3, 0.4) is 0 Å². The van der Waals surface area contributed by atoms with Crippen molar-refractivity contribution in [3.8, 4) is 0 Å². The van der Waals surface area contributed by atoms with Gasteiger partial charge in [0, 0.05) is 19.1 Å². The van der Waals surface area contributed by atoms with Gasteiger partial charge in [0.1, 0.15) is 0 Å². The fourth-order valence-electron chi connectivity index (χ4n) is 1.77. The molecule has 1 rings (SSSR count). The van der Waals surface area contributed by atoms with E-state index in [1.54, 1.807) is 0 Å². The third-order valence-electron chi connectivity index (χ3n) is 2.63. The summed E-state index contributed by atoms with van der Waals surface area (Å²) in [7, 11) is 0. The largest absolute Gasteiger partial charge is 0.376 e. The fourth-order valence-corrected chi connectivity index (χ4v) is 1.77. The van der Waals surface area contributed by atoms with E-state index >= 15 is 0 Å². The van der Waals surface area contributed by atoms with Crippen LogP contribution >= 0.6 is 0 Å². The van der Waals surface area contributed by atoms with Crippen molar-refractivity contribution in [3.05, 3.63) is 0 Å². The van der Waals surface area contributed by atoms with Crippen LogP contribution in [-0.2, 0) is 9.53 Å². The van der Waals surface area contributed by atoms with Crippen LogP contribution in [0.2, 0.25) is 0 Å². The first-order chi connectivity index (χ1) is 7.00. The van der Waals surface area contributed by atoms with E-state index < -0.39 is 0 Å². The second kappa shape index (κ2) is 5.47. The molecule has 1 fully saturated rings. The summed E-state index contributed by atoms with van der Waals surface area (Å²) >= 11 is 0. The number of hydrogen-bond acceptors (Lipinski definition) is 3.